The van der Waals surface area contributed by atoms with Gasteiger partial charge in [-0.1, -0.05) is 45.3 Å². The second-order valence-electron chi connectivity index (χ2n) is 7.19. The van der Waals surface area contributed by atoms with Crippen LogP contribution in [0.15, 0.2) is 24.3 Å². The molecule has 0 bridgehead atoms. The van der Waals surface area contributed by atoms with Crippen molar-refractivity contribution in [3.8, 4) is 0 Å². The van der Waals surface area contributed by atoms with E-state index >= 15 is 0 Å². The molecule has 0 unspecified atom stereocenters. The largest absolute Gasteiger partial charge is 0.395 e. The van der Waals surface area contributed by atoms with Gasteiger partial charge in [-0.05, 0) is 46.7 Å². The third-order valence-electron chi connectivity index (χ3n) is 4.38. The number of rotatable bonds is 15. The lowest BCUT2D eigenvalue weighted by atomic mass is 10.1. The summed E-state index contributed by atoms with van der Waals surface area (Å²) in [5, 5.41) is 0. The number of unbranched alkanes of at least 4 members (excludes halogenated alkanes) is 5. The summed E-state index contributed by atoms with van der Waals surface area (Å²) in [5.74, 6) is -0.613. The van der Waals surface area contributed by atoms with Crippen LogP contribution in [0.3, 0.4) is 0 Å². The Morgan fingerprint density at radius 3 is 1.63 bits per heavy atom. The zero-order chi connectivity index (χ0) is 20.9. The van der Waals surface area contributed by atoms with Gasteiger partial charge >= 0.3 is 8.56 Å². The minimum atomic E-state index is -1.98. The Bertz CT molecular complexity index is 472. The highest BCUT2D eigenvalue weighted by Crippen LogP contribution is 2.19. The average molecular weight is 398 g/mol. The van der Waals surface area contributed by atoms with Crippen LogP contribution in [0.2, 0.25) is 12.6 Å². The summed E-state index contributed by atoms with van der Waals surface area (Å²) in [7, 11) is -1.98. The number of nitrogens with zero attached hydrogens (tertiary/aromatic N) is 1. The monoisotopic (exact) mass is 397 g/mol. The topological polar surface area (TPSA) is 55.8 Å². The first kappa shape index (κ1) is 25.8. The van der Waals surface area contributed by atoms with Gasteiger partial charge in [-0.15, -0.1) is 0 Å². The zero-order valence-corrected chi connectivity index (χ0v) is 19.1. The highest BCUT2D eigenvalue weighted by molar-refractivity contribution is 6.66. The van der Waals surface area contributed by atoms with Crippen LogP contribution in [-0.4, -0.2) is 45.0 Å². The highest BCUT2D eigenvalue weighted by atomic mass is 28.4. The summed E-state index contributed by atoms with van der Waals surface area (Å²) in [6.07, 6.45) is 6.32. The summed E-state index contributed by atoms with van der Waals surface area (Å²) >= 11 is 0. The molecule has 0 atom stereocenters. The molecular formula is C21H39NO4Si. The molecule has 5 nitrogen and oxygen atoms in total. The van der Waals surface area contributed by atoms with Crippen molar-refractivity contribution in [1.29, 1.82) is 0 Å². The van der Waals surface area contributed by atoms with Gasteiger partial charge in [-0.3, -0.25) is 14.5 Å². The fraction of sp³-hybridized carbons (Fsp3) is 0.714. The molecule has 0 aliphatic heterocycles. The van der Waals surface area contributed by atoms with Crippen molar-refractivity contribution in [1.82, 2.24) is 4.90 Å². The molecule has 0 spiro atoms. The van der Waals surface area contributed by atoms with Crippen LogP contribution in [0.5, 0.6) is 0 Å². The van der Waals surface area contributed by atoms with Crippen molar-refractivity contribution in [3.05, 3.63) is 24.3 Å². The number of hydrogen-bond donors (Lipinski definition) is 0. The van der Waals surface area contributed by atoms with Gasteiger partial charge in [-0.25, -0.2) is 0 Å². The van der Waals surface area contributed by atoms with Gasteiger partial charge in [0.05, 0.1) is 0 Å². The van der Waals surface area contributed by atoms with Crippen LogP contribution in [0.1, 0.15) is 66.2 Å². The van der Waals surface area contributed by atoms with Crippen LogP contribution >= 0.6 is 0 Å². The maximum atomic E-state index is 12.1. The standard InChI is InChI=1S/C21H39NO4Si/c1-8-25-27(7,26-9-2)17-15-13-11-10-12-14-16-22(20(23)18(3)4)21(24)19(5)6/h3,5,8-17H2,1-2,4,6-7H3. The van der Waals surface area contributed by atoms with Gasteiger partial charge in [0.15, 0.2) is 0 Å². The molecular weight excluding hydrogens is 358 g/mol. The lowest BCUT2D eigenvalue weighted by Gasteiger charge is -2.25. The molecule has 0 heterocycles. The van der Waals surface area contributed by atoms with Gasteiger partial charge < -0.3 is 8.85 Å². The highest BCUT2D eigenvalue weighted by Gasteiger charge is 2.29. The van der Waals surface area contributed by atoms with Crippen molar-refractivity contribution in [2.45, 2.75) is 78.8 Å². The molecule has 0 aromatic rings. The van der Waals surface area contributed by atoms with E-state index in [9.17, 15) is 9.59 Å². The Kier molecular flexibility index (Phi) is 13.2. The summed E-state index contributed by atoms with van der Waals surface area (Å²) < 4.78 is 11.7. The predicted octanol–water partition coefficient (Wildman–Crippen LogP) is 4.98. The molecule has 0 aliphatic carbocycles. The van der Waals surface area contributed by atoms with Crippen molar-refractivity contribution in [3.63, 3.8) is 0 Å². The summed E-state index contributed by atoms with van der Waals surface area (Å²) in [4.78, 5) is 25.5. The number of amides is 2. The van der Waals surface area contributed by atoms with Crippen molar-refractivity contribution >= 4 is 20.4 Å². The average Bonchev–Trinajstić information content (AvgIpc) is 2.59. The molecule has 0 N–H and O–H groups in total. The molecule has 0 fully saturated rings. The summed E-state index contributed by atoms with van der Waals surface area (Å²) in [5.41, 5.74) is 0.751. The maximum absolute atomic E-state index is 12.1. The summed E-state index contributed by atoms with van der Waals surface area (Å²) in [6.45, 7) is 18.6. The lowest BCUT2D eigenvalue weighted by molar-refractivity contribution is -0.140. The van der Waals surface area contributed by atoms with Crippen LogP contribution < -0.4 is 0 Å². The molecule has 0 aromatic carbocycles. The maximum Gasteiger partial charge on any atom is 0.334 e. The Morgan fingerprint density at radius 2 is 1.22 bits per heavy atom. The molecule has 6 heteroatoms. The number of carbonyl (C=O) groups excluding carboxylic acids is 2. The SMILES string of the molecule is C=C(C)C(=O)N(CCCCCCCC[Si](C)(OCC)OCC)C(=O)C(=C)C. The molecule has 0 aliphatic rings. The third-order valence-corrected chi connectivity index (χ3v) is 7.44. The van der Waals surface area contributed by atoms with E-state index in [1.165, 1.54) is 4.90 Å². The molecule has 0 saturated carbocycles. The normalized spacial score (nSPS) is 11.3. The zero-order valence-electron chi connectivity index (χ0n) is 18.1. The van der Waals surface area contributed by atoms with Crippen molar-refractivity contribution < 1.29 is 18.4 Å². The second kappa shape index (κ2) is 13.9. The fourth-order valence-corrected chi connectivity index (χ4v) is 5.46. The Hall–Kier alpha value is -1.24. The van der Waals surface area contributed by atoms with E-state index in [-0.39, 0.29) is 11.8 Å². The van der Waals surface area contributed by atoms with Gasteiger partial charge in [0.2, 0.25) is 0 Å². The molecule has 0 rings (SSSR count). The van der Waals surface area contributed by atoms with E-state index in [1.807, 2.05) is 13.8 Å². The quantitative estimate of drug-likeness (QED) is 0.222. The molecule has 27 heavy (non-hydrogen) atoms. The molecule has 0 aromatic heterocycles. The number of carbonyl (C=O) groups is 2. The third kappa shape index (κ3) is 10.6. The van der Waals surface area contributed by atoms with Crippen LogP contribution in [-0.2, 0) is 18.4 Å². The minimum Gasteiger partial charge on any atom is -0.395 e. The van der Waals surface area contributed by atoms with Gasteiger partial charge in [0.25, 0.3) is 11.8 Å². The van der Waals surface area contributed by atoms with Gasteiger partial charge in [0.1, 0.15) is 0 Å². The van der Waals surface area contributed by atoms with Gasteiger partial charge in [-0.2, -0.15) is 0 Å². The molecule has 156 valence electrons. The van der Waals surface area contributed by atoms with Crippen molar-refractivity contribution in [2.24, 2.45) is 0 Å². The smallest absolute Gasteiger partial charge is 0.334 e. The first-order chi connectivity index (χ1) is 12.7. The van der Waals surface area contributed by atoms with Gasteiger partial charge in [0, 0.05) is 30.9 Å². The minimum absolute atomic E-state index is 0.306. The van der Waals surface area contributed by atoms with E-state index in [1.54, 1.807) is 13.8 Å². The van der Waals surface area contributed by atoms with E-state index in [0.717, 1.165) is 44.6 Å². The van der Waals surface area contributed by atoms with E-state index < -0.39 is 8.56 Å². The van der Waals surface area contributed by atoms with Crippen LogP contribution in [0.25, 0.3) is 0 Å². The Morgan fingerprint density at radius 1 is 0.815 bits per heavy atom. The fourth-order valence-electron chi connectivity index (χ4n) is 2.98. The second-order valence-corrected chi connectivity index (χ2v) is 10.5. The number of hydrogen-bond acceptors (Lipinski definition) is 4. The first-order valence-corrected chi connectivity index (χ1v) is 12.7. The summed E-state index contributed by atoms with van der Waals surface area (Å²) in [6, 6.07) is 1.03. The Balaban J connectivity index is 4.12. The molecule has 2 amide bonds. The van der Waals surface area contributed by atoms with Crippen molar-refractivity contribution in [2.75, 3.05) is 19.8 Å². The Labute approximate surface area is 167 Å². The predicted molar refractivity (Wildman–Crippen MR) is 114 cm³/mol. The van der Waals surface area contributed by atoms with E-state index in [2.05, 4.69) is 19.7 Å². The van der Waals surface area contributed by atoms with E-state index in [0.29, 0.717) is 30.9 Å². The number of imide groups is 1. The van der Waals surface area contributed by atoms with Crippen LogP contribution in [0.4, 0.5) is 0 Å². The molecule has 0 radical (unpaired) electrons. The van der Waals surface area contributed by atoms with Crippen LogP contribution in [0, 0.1) is 0 Å². The first-order valence-electron chi connectivity index (χ1n) is 10.1. The lowest BCUT2D eigenvalue weighted by Crippen LogP contribution is -2.38. The van der Waals surface area contributed by atoms with E-state index in [4.69, 9.17) is 8.85 Å². The molecule has 0 saturated heterocycles.